The molecule has 4 aromatic rings. The second-order valence-electron chi connectivity index (χ2n) is 7.29. The third-order valence-corrected chi connectivity index (χ3v) is 6.13. The standard InChI is InChI=1S/C23H20BrFN6O2S/c1-13-10-14(2)27-23(26-13)34-12-20-21(22(32)28-19-9-4-15(24)11-18(19)25)29-30-31(20)16-5-7-17(33-3)8-6-16/h4-11H,12H2,1-3H3,(H,28,32). The lowest BCUT2D eigenvalue weighted by Gasteiger charge is -2.10. The van der Waals surface area contributed by atoms with E-state index < -0.39 is 11.7 Å². The number of hydrogen-bond donors (Lipinski definition) is 1. The first kappa shape index (κ1) is 23.8. The summed E-state index contributed by atoms with van der Waals surface area (Å²) < 4.78 is 21.7. The van der Waals surface area contributed by atoms with Crippen LogP contribution in [0, 0.1) is 19.7 Å². The van der Waals surface area contributed by atoms with E-state index in [2.05, 4.69) is 41.5 Å². The Morgan fingerprint density at radius 1 is 1.12 bits per heavy atom. The summed E-state index contributed by atoms with van der Waals surface area (Å²) in [5.74, 6) is -0.136. The molecule has 174 valence electrons. The van der Waals surface area contributed by atoms with Crippen molar-refractivity contribution in [2.24, 2.45) is 0 Å². The van der Waals surface area contributed by atoms with Gasteiger partial charge in [0.05, 0.1) is 24.2 Å². The molecule has 0 spiro atoms. The van der Waals surface area contributed by atoms with Gasteiger partial charge in [-0.15, -0.1) is 5.10 Å². The van der Waals surface area contributed by atoms with Crippen LogP contribution >= 0.6 is 27.7 Å². The second kappa shape index (κ2) is 10.3. The Morgan fingerprint density at radius 3 is 2.47 bits per heavy atom. The summed E-state index contributed by atoms with van der Waals surface area (Å²) in [6, 6.07) is 13.5. The molecule has 0 fully saturated rings. The lowest BCUT2D eigenvalue weighted by molar-refractivity contribution is 0.102. The Morgan fingerprint density at radius 2 is 1.82 bits per heavy atom. The fraction of sp³-hybridized carbons (Fsp3) is 0.174. The number of halogens is 2. The topological polar surface area (TPSA) is 94.8 Å². The Kier molecular flexibility index (Phi) is 7.23. The molecule has 0 aliphatic carbocycles. The van der Waals surface area contributed by atoms with Crippen LogP contribution in [0.3, 0.4) is 0 Å². The first-order valence-corrected chi connectivity index (χ1v) is 11.9. The highest BCUT2D eigenvalue weighted by molar-refractivity contribution is 9.10. The van der Waals surface area contributed by atoms with E-state index in [-0.39, 0.29) is 11.4 Å². The molecule has 34 heavy (non-hydrogen) atoms. The second-order valence-corrected chi connectivity index (χ2v) is 9.15. The van der Waals surface area contributed by atoms with Crippen molar-refractivity contribution in [3.8, 4) is 11.4 Å². The minimum atomic E-state index is -0.571. The molecule has 11 heteroatoms. The minimum Gasteiger partial charge on any atom is -0.497 e. The summed E-state index contributed by atoms with van der Waals surface area (Å²) in [6.45, 7) is 3.79. The van der Waals surface area contributed by atoms with Crippen molar-refractivity contribution in [1.29, 1.82) is 0 Å². The van der Waals surface area contributed by atoms with Crippen LogP contribution < -0.4 is 10.1 Å². The van der Waals surface area contributed by atoms with Crippen LogP contribution in [0.2, 0.25) is 0 Å². The molecule has 0 saturated heterocycles. The maximum absolute atomic E-state index is 14.3. The first-order valence-electron chi connectivity index (χ1n) is 10.1. The molecule has 4 rings (SSSR count). The Labute approximate surface area is 208 Å². The highest BCUT2D eigenvalue weighted by Gasteiger charge is 2.22. The molecule has 2 aromatic carbocycles. The van der Waals surface area contributed by atoms with Crippen molar-refractivity contribution in [3.05, 3.63) is 81.6 Å². The lowest BCUT2D eigenvalue weighted by Crippen LogP contribution is -2.16. The van der Waals surface area contributed by atoms with Crippen LogP contribution in [0.25, 0.3) is 5.69 Å². The zero-order valence-corrected chi connectivity index (χ0v) is 20.9. The maximum atomic E-state index is 14.3. The van der Waals surface area contributed by atoms with Crippen molar-refractivity contribution in [2.75, 3.05) is 12.4 Å². The fourth-order valence-corrected chi connectivity index (χ4v) is 4.48. The molecule has 0 radical (unpaired) electrons. The molecular formula is C23H20BrFN6O2S. The average Bonchev–Trinajstić information content (AvgIpc) is 3.23. The summed E-state index contributed by atoms with van der Waals surface area (Å²) >= 11 is 4.57. The number of nitrogens with one attached hydrogen (secondary N) is 1. The van der Waals surface area contributed by atoms with Crippen molar-refractivity contribution in [3.63, 3.8) is 0 Å². The number of carbonyl (C=O) groups is 1. The summed E-state index contributed by atoms with van der Waals surface area (Å²) in [6.07, 6.45) is 0. The van der Waals surface area contributed by atoms with Gasteiger partial charge < -0.3 is 10.1 Å². The van der Waals surface area contributed by atoms with Crippen molar-refractivity contribution in [2.45, 2.75) is 24.8 Å². The van der Waals surface area contributed by atoms with Gasteiger partial charge >= 0.3 is 0 Å². The van der Waals surface area contributed by atoms with Gasteiger partial charge in [-0.25, -0.2) is 19.0 Å². The summed E-state index contributed by atoms with van der Waals surface area (Å²) in [4.78, 5) is 22.0. The number of thioether (sulfide) groups is 1. The highest BCUT2D eigenvalue weighted by atomic mass is 79.9. The predicted octanol–water partition coefficient (Wildman–Crippen LogP) is 5.13. The van der Waals surface area contributed by atoms with Crippen molar-refractivity contribution < 1.29 is 13.9 Å². The number of rotatable bonds is 7. The van der Waals surface area contributed by atoms with Gasteiger partial charge in [0, 0.05) is 21.6 Å². The predicted molar refractivity (Wildman–Crippen MR) is 131 cm³/mol. The number of amides is 1. The van der Waals surface area contributed by atoms with Crippen LogP contribution in [0.5, 0.6) is 5.75 Å². The zero-order chi connectivity index (χ0) is 24.2. The van der Waals surface area contributed by atoms with E-state index in [1.807, 2.05) is 32.0 Å². The number of benzene rings is 2. The number of ether oxygens (including phenoxy) is 1. The lowest BCUT2D eigenvalue weighted by atomic mass is 10.2. The molecule has 2 aromatic heterocycles. The number of nitrogens with zero attached hydrogens (tertiary/aromatic N) is 5. The van der Waals surface area contributed by atoms with Gasteiger partial charge in [0.2, 0.25) is 0 Å². The number of methoxy groups -OCH3 is 1. The van der Waals surface area contributed by atoms with Crippen LogP contribution in [-0.4, -0.2) is 38.0 Å². The smallest absolute Gasteiger partial charge is 0.278 e. The minimum absolute atomic E-state index is 0.0449. The first-order chi connectivity index (χ1) is 16.3. The highest BCUT2D eigenvalue weighted by Crippen LogP contribution is 2.26. The van der Waals surface area contributed by atoms with Gasteiger partial charge in [0.15, 0.2) is 10.9 Å². The molecular weight excluding hydrogens is 523 g/mol. The number of carbonyl (C=O) groups excluding carboxylic acids is 1. The third-order valence-electron chi connectivity index (χ3n) is 4.77. The van der Waals surface area contributed by atoms with E-state index in [0.717, 1.165) is 11.4 Å². The number of aromatic nitrogens is 5. The van der Waals surface area contributed by atoms with Gasteiger partial charge in [0.25, 0.3) is 5.91 Å². The molecule has 0 bridgehead atoms. The molecule has 0 atom stereocenters. The van der Waals surface area contributed by atoms with Gasteiger partial charge in [-0.1, -0.05) is 32.9 Å². The monoisotopic (exact) mass is 542 g/mol. The number of aryl methyl sites for hydroxylation is 2. The Balaban J connectivity index is 1.68. The SMILES string of the molecule is COc1ccc(-n2nnc(C(=O)Nc3ccc(Br)cc3F)c2CSc2nc(C)cc(C)n2)cc1. The van der Waals surface area contributed by atoms with E-state index >= 15 is 0 Å². The van der Waals surface area contributed by atoms with Gasteiger partial charge in [-0.3, -0.25) is 4.79 Å². The normalized spacial score (nSPS) is 10.9. The quantitative estimate of drug-likeness (QED) is 0.255. The summed E-state index contributed by atoms with van der Waals surface area (Å²) in [5, 5.41) is 11.5. The van der Waals surface area contributed by atoms with Crippen molar-refractivity contribution >= 4 is 39.3 Å². The van der Waals surface area contributed by atoms with E-state index in [9.17, 15) is 9.18 Å². The number of hydrogen-bond acceptors (Lipinski definition) is 7. The van der Waals surface area contributed by atoms with Crippen LogP contribution in [0.15, 0.2) is 58.2 Å². The molecule has 0 unspecified atom stereocenters. The van der Waals surface area contributed by atoms with Gasteiger partial charge in [0.1, 0.15) is 11.6 Å². The molecule has 1 N–H and O–H groups in total. The van der Waals surface area contributed by atoms with E-state index in [0.29, 0.717) is 32.5 Å². The van der Waals surface area contributed by atoms with Crippen LogP contribution in [0.4, 0.5) is 10.1 Å². The maximum Gasteiger partial charge on any atom is 0.278 e. The third kappa shape index (κ3) is 5.42. The molecule has 0 aliphatic rings. The fourth-order valence-electron chi connectivity index (χ4n) is 3.20. The molecule has 0 saturated carbocycles. The summed E-state index contributed by atoms with van der Waals surface area (Å²) in [7, 11) is 1.58. The molecule has 1 amide bonds. The molecule has 2 heterocycles. The Hall–Kier alpha value is -3.31. The number of anilines is 1. The Bertz CT molecular complexity index is 1330. The molecule has 8 nitrogen and oxygen atoms in total. The summed E-state index contributed by atoms with van der Waals surface area (Å²) in [5.41, 5.74) is 3.03. The average molecular weight is 543 g/mol. The van der Waals surface area contributed by atoms with E-state index in [4.69, 9.17) is 4.74 Å². The largest absolute Gasteiger partial charge is 0.497 e. The van der Waals surface area contributed by atoms with Gasteiger partial charge in [-0.2, -0.15) is 0 Å². The van der Waals surface area contributed by atoms with E-state index in [1.54, 1.807) is 30.0 Å². The molecule has 0 aliphatic heterocycles. The zero-order valence-electron chi connectivity index (χ0n) is 18.5. The van der Waals surface area contributed by atoms with E-state index in [1.165, 1.54) is 23.9 Å². The van der Waals surface area contributed by atoms with Crippen LogP contribution in [0.1, 0.15) is 27.6 Å². The van der Waals surface area contributed by atoms with Gasteiger partial charge in [-0.05, 0) is 62.4 Å². The van der Waals surface area contributed by atoms with Crippen molar-refractivity contribution in [1.82, 2.24) is 25.0 Å². The van der Waals surface area contributed by atoms with Crippen LogP contribution in [-0.2, 0) is 5.75 Å².